The summed E-state index contributed by atoms with van der Waals surface area (Å²) in [6, 6.07) is 0. The van der Waals surface area contributed by atoms with Crippen LogP contribution in [0.4, 0.5) is 5.69 Å². The van der Waals surface area contributed by atoms with Crippen molar-refractivity contribution in [3.63, 3.8) is 0 Å². The smallest absolute Gasteiger partial charge is 0.305 e. The molecule has 1 aromatic heterocycles. The zero-order valence-corrected chi connectivity index (χ0v) is 7.36. The fraction of sp³-hybridized carbons (Fsp3) is 0.375. The number of rotatable bonds is 3. The monoisotopic (exact) mass is 181 g/mol. The average molecular weight is 181 g/mol. The number of anilines is 1. The Kier molecular flexibility index (Phi) is 3.19. The minimum Gasteiger partial charge on any atom is -0.469 e. The first-order valence-electron chi connectivity index (χ1n) is 3.85. The topological polar surface area (TPSA) is 78.1 Å². The van der Waals surface area contributed by atoms with E-state index in [2.05, 4.69) is 14.7 Å². The van der Waals surface area contributed by atoms with E-state index in [9.17, 15) is 4.79 Å². The molecule has 5 heteroatoms. The standard InChI is InChI=1S/C8H11N3O2/c1-13-8(12)3-2-7-10-4-6(9)5-11-7/h4-5H,2-3,9H2,1H3. The first-order chi connectivity index (χ1) is 6.22. The molecule has 0 aliphatic rings. The SMILES string of the molecule is COC(=O)CCc1ncc(N)cn1. The van der Waals surface area contributed by atoms with Gasteiger partial charge in [0.2, 0.25) is 0 Å². The van der Waals surface area contributed by atoms with Crippen molar-refractivity contribution in [2.45, 2.75) is 12.8 Å². The van der Waals surface area contributed by atoms with E-state index in [1.807, 2.05) is 0 Å². The van der Waals surface area contributed by atoms with Gasteiger partial charge in [0.25, 0.3) is 0 Å². The summed E-state index contributed by atoms with van der Waals surface area (Å²) in [6.45, 7) is 0. The minimum atomic E-state index is -0.263. The van der Waals surface area contributed by atoms with Gasteiger partial charge in [-0.2, -0.15) is 0 Å². The number of aryl methyl sites for hydroxylation is 1. The lowest BCUT2D eigenvalue weighted by Gasteiger charge is -1.98. The van der Waals surface area contributed by atoms with Gasteiger partial charge in [-0.1, -0.05) is 0 Å². The fourth-order valence-electron chi connectivity index (χ4n) is 0.810. The number of carbonyl (C=O) groups excluding carboxylic acids is 1. The largest absolute Gasteiger partial charge is 0.469 e. The summed E-state index contributed by atoms with van der Waals surface area (Å²) in [5.41, 5.74) is 5.91. The molecular weight excluding hydrogens is 170 g/mol. The highest BCUT2D eigenvalue weighted by Crippen LogP contribution is 1.99. The lowest BCUT2D eigenvalue weighted by Crippen LogP contribution is -2.04. The van der Waals surface area contributed by atoms with Gasteiger partial charge in [-0.3, -0.25) is 4.79 Å². The predicted octanol–water partition coefficient (Wildman–Crippen LogP) is 0.164. The van der Waals surface area contributed by atoms with E-state index in [0.29, 0.717) is 24.4 Å². The number of carbonyl (C=O) groups is 1. The van der Waals surface area contributed by atoms with Gasteiger partial charge < -0.3 is 10.5 Å². The van der Waals surface area contributed by atoms with E-state index in [1.54, 1.807) is 0 Å². The normalized spacial score (nSPS) is 9.62. The average Bonchev–Trinajstić information content (AvgIpc) is 2.16. The van der Waals surface area contributed by atoms with Crippen LogP contribution in [0.2, 0.25) is 0 Å². The van der Waals surface area contributed by atoms with E-state index in [-0.39, 0.29) is 5.97 Å². The molecule has 0 saturated carbocycles. The number of ether oxygens (including phenoxy) is 1. The molecule has 0 unspecified atom stereocenters. The summed E-state index contributed by atoms with van der Waals surface area (Å²) < 4.78 is 4.48. The first kappa shape index (κ1) is 9.44. The van der Waals surface area contributed by atoms with Crippen molar-refractivity contribution in [3.8, 4) is 0 Å². The van der Waals surface area contributed by atoms with Gasteiger partial charge in [-0.25, -0.2) is 9.97 Å². The van der Waals surface area contributed by atoms with Crippen molar-refractivity contribution in [2.75, 3.05) is 12.8 Å². The molecule has 0 radical (unpaired) electrons. The molecule has 1 aromatic rings. The van der Waals surface area contributed by atoms with Crippen molar-refractivity contribution in [1.29, 1.82) is 0 Å². The van der Waals surface area contributed by atoms with Gasteiger partial charge in [0, 0.05) is 6.42 Å². The molecule has 0 saturated heterocycles. The van der Waals surface area contributed by atoms with Crippen LogP contribution in [0.15, 0.2) is 12.4 Å². The van der Waals surface area contributed by atoms with E-state index in [0.717, 1.165) is 0 Å². The van der Waals surface area contributed by atoms with E-state index >= 15 is 0 Å². The van der Waals surface area contributed by atoms with Crippen LogP contribution in [0.25, 0.3) is 0 Å². The van der Waals surface area contributed by atoms with E-state index < -0.39 is 0 Å². The molecule has 0 aromatic carbocycles. The second kappa shape index (κ2) is 4.39. The second-order valence-corrected chi connectivity index (χ2v) is 2.51. The van der Waals surface area contributed by atoms with Crippen LogP contribution >= 0.6 is 0 Å². The van der Waals surface area contributed by atoms with E-state index in [4.69, 9.17) is 5.73 Å². The zero-order valence-electron chi connectivity index (χ0n) is 7.36. The van der Waals surface area contributed by atoms with Crippen LogP contribution in [0.5, 0.6) is 0 Å². The number of esters is 1. The summed E-state index contributed by atoms with van der Waals surface area (Å²) in [6.07, 6.45) is 3.80. The van der Waals surface area contributed by atoms with Crippen LogP contribution in [0, 0.1) is 0 Å². The van der Waals surface area contributed by atoms with Gasteiger partial charge in [0.15, 0.2) is 0 Å². The summed E-state index contributed by atoms with van der Waals surface area (Å²) in [7, 11) is 1.35. The molecule has 0 atom stereocenters. The molecule has 5 nitrogen and oxygen atoms in total. The molecule has 1 rings (SSSR count). The Morgan fingerprint density at radius 1 is 1.54 bits per heavy atom. The zero-order chi connectivity index (χ0) is 9.68. The Balaban J connectivity index is 2.46. The van der Waals surface area contributed by atoms with Gasteiger partial charge in [0.1, 0.15) is 5.82 Å². The summed E-state index contributed by atoms with van der Waals surface area (Å²) >= 11 is 0. The number of nitrogens with two attached hydrogens (primary N) is 1. The molecule has 2 N–H and O–H groups in total. The Labute approximate surface area is 75.9 Å². The molecule has 0 amide bonds. The predicted molar refractivity (Wildman–Crippen MR) is 46.8 cm³/mol. The van der Waals surface area contributed by atoms with Gasteiger partial charge >= 0.3 is 5.97 Å². The Hall–Kier alpha value is -1.65. The van der Waals surface area contributed by atoms with Crippen LogP contribution in [0.1, 0.15) is 12.2 Å². The summed E-state index contributed by atoms with van der Waals surface area (Å²) in [5, 5.41) is 0. The Morgan fingerprint density at radius 3 is 2.69 bits per heavy atom. The highest BCUT2D eigenvalue weighted by Gasteiger charge is 2.02. The lowest BCUT2D eigenvalue weighted by molar-refractivity contribution is -0.140. The van der Waals surface area contributed by atoms with Crippen LogP contribution in [-0.4, -0.2) is 23.0 Å². The third-order valence-corrected chi connectivity index (χ3v) is 1.51. The van der Waals surface area contributed by atoms with Crippen molar-refractivity contribution in [2.24, 2.45) is 0 Å². The van der Waals surface area contributed by atoms with Gasteiger partial charge in [-0.15, -0.1) is 0 Å². The minimum absolute atomic E-state index is 0.263. The number of hydrogen-bond acceptors (Lipinski definition) is 5. The molecule has 0 aliphatic heterocycles. The molecule has 0 fully saturated rings. The van der Waals surface area contributed by atoms with E-state index in [1.165, 1.54) is 19.5 Å². The van der Waals surface area contributed by atoms with Crippen molar-refractivity contribution < 1.29 is 9.53 Å². The third kappa shape index (κ3) is 3.06. The third-order valence-electron chi connectivity index (χ3n) is 1.51. The highest BCUT2D eigenvalue weighted by atomic mass is 16.5. The number of hydrogen-bond donors (Lipinski definition) is 1. The van der Waals surface area contributed by atoms with Crippen molar-refractivity contribution in [3.05, 3.63) is 18.2 Å². The maximum absolute atomic E-state index is 10.7. The van der Waals surface area contributed by atoms with Gasteiger partial charge in [-0.05, 0) is 0 Å². The Morgan fingerprint density at radius 2 is 2.15 bits per heavy atom. The van der Waals surface area contributed by atoms with Crippen LogP contribution < -0.4 is 5.73 Å². The Bertz CT molecular complexity index is 284. The molecule has 1 heterocycles. The molecular formula is C8H11N3O2. The van der Waals surface area contributed by atoms with Crippen LogP contribution in [0.3, 0.4) is 0 Å². The second-order valence-electron chi connectivity index (χ2n) is 2.51. The number of methoxy groups -OCH3 is 1. The molecule has 13 heavy (non-hydrogen) atoms. The summed E-state index contributed by atoms with van der Waals surface area (Å²) in [5.74, 6) is 0.333. The number of nitrogens with zero attached hydrogens (tertiary/aromatic N) is 2. The highest BCUT2D eigenvalue weighted by molar-refractivity contribution is 5.69. The molecule has 0 bridgehead atoms. The molecule has 0 spiro atoms. The van der Waals surface area contributed by atoms with Crippen molar-refractivity contribution in [1.82, 2.24) is 9.97 Å². The first-order valence-corrected chi connectivity index (χ1v) is 3.85. The number of nitrogen functional groups attached to an aromatic ring is 1. The number of aromatic nitrogens is 2. The summed E-state index contributed by atoms with van der Waals surface area (Å²) in [4.78, 5) is 18.6. The van der Waals surface area contributed by atoms with Gasteiger partial charge in [0.05, 0.1) is 31.6 Å². The molecule has 0 aliphatic carbocycles. The van der Waals surface area contributed by atoms with Crippen LogP contribution in [-0.2, 0) is 16.0 Å². The fourth-order valence-corrected chi connectivity index (χ4v) is 0.810. The maximum atomic E-state index is 10.7. The van der Waals surface area contributed by atoms with Crippen molar-refractivity contribution >= 4 is 11.7 Å². The lowest BCUT2D eigenvalue weighted by atomic mass is 10.3. The maximum Gasteiger partial charge on any atom is 0.305 e. The molecule has 70 valence electrons. The quantitative estimate of drug-likeness (QED) is 0.672.